The monoisotopic (exact) mass is 624 g/mol. The highest BCUT2D eigenvalue weighted by atomic mass is 79.9. The van der Waals surface area contributed by atoms with Crippen molar-refractivity contribution in [2.24, 2.45) is 23.7 Å². The number of nitrogens with one attached hydrogen (secondary N) is 1. The standard InChI is InChI=1S/C19H16Br3ClN2O5/c20-10-2-1-7(3-11(10)23)24-12(26)6-30-13(27)5-25-18(28)14-8-4-9(15(14)19(25)29)17(22)16(8)21/h1-3,8-9,14-17H,4-6H2,(H,24,26)/t8-,9-,14-,15+,16-,17+/m1/s1. The van der Waals surface area contributed by atoms with Gasteiger partial charge in [-0.05, 0) is 52.4 Å². The summed E-state index contributed by atoms with van der Waals surface area (Å²) in [5, 5.41) is 2.98. The van der Waals surface area contributed by atoms with Gasteiger partial charge in [-0.25, -0.2) is 0 Å². The molecule has 0 spiro atoms. The Bertz CT molecular complexity index is 913. The van der Waals surface area contributed by atoms with Crippen LogP contribution in [0, 0.1) is 23.7 Å². The fraction of sp³-hybridized carbons (Fsp3) is 0.474. The number of hydrogen-bond acceptors (Lipinski definition) is 5. The van der Waals surface area contributed by atoms with Gasteiger partial charge < -0.3 is 10.1 Å². The Morgan fingerprint density at radius 2 is 1.73 bits per heavy atom. The Balaban J connectivity index is 1.31. The minimum absolute atomic E-state index is 0.0744. The molecule has 1 aromatic carbocycles. The van der Waals surface area contributed by atoms with E-state index >= 15 is 0 Å². The Hall–Kier alpha value is -0.970. The first kappa shape index (κ1) is 22.2. The van der Waals surface area contributed by atoms with E-state index in [0.717, 1.165) is 11.3 Å². The third kappa shape index (κ3) is 3.84. The van der Waals surface area contributed by atoms with Gasteiger partial charge in [0.15, 0.2) is 6.61 Å². The van der Waals surface area contributed by atoms with E-state index in [0.29, 0.717) is 15.2 Å². The largest absolute Gasteiger partial charge is 0.454 e. The highest BCUT2D eigenvalue weighted by Crippen LogP contribution is 2.60. The van der Waals surface area contributed by atoms with E-state index in [2.05, 4.69) is 53.1 Å². The Morgan fingerprint density at radius 1 is 1.13 bits per heavy atom. The van der Waals surface area contributed by atoms with Crippen LogP contribution in [-0.2, 0) is 23.9 Å². The van der Waals surface area contributed by atoms with Crippen LogP contribution in [0.5, 0.6) is 0 Å². The fourth-order valence-electron chi connectivity index (χ4n) is 4.66. The second-order valence-electron chi connectivity index (χ2n) is 7.60. The van der Waals surface area contributed by atoms with Crippen LogP contribution in [0.25, 0.3) is 0 Å². The van der Waals surface area contributed by atoms with E-state index in [1.807, 2.05) is 0 Å². The number of rotatable bonds is 5. The SMILES string of the molecule is O=C(COC(=O)CN1C(=O)[C@@H]2[C@H]3C[C@@H]([C@H](Br)[C@@H]3Br)[C@@H]2C1=O)Nc1ccc(Br)c(Cl)c1. The van der Waals surface area contributed by atoms with Gasteiger partial charge in [0, 0.05) is 19.8 Å². The maximum absolute atomic E-state index is 12.8. The third-order valence-electron chi connectivity index (χ3n) is 5.93. The summed E-state index contributed by atoms with van der Waals surface area (Å²) in [7, 11) is 0. The van der Waals surface area contributed by atoms with Crippen molar-refractivity contribution in [1.29, 1.82) is 0 Å². The Labute approximate surface area is 202 Å². The summed E-state index contributed by atoms with van der Waals surface area (Å²) in [5.41, 5.74) is 0.450. The van der Waals surface area contributed by atoms with Gasteiger partial charge in [0.05, 0.1) is 16.9 Å². The van der Waals surface area contributed by atoms with Crippen molar-refractivity contribution in [2.75, 3.05) is 18.5 Å². The number of halogens is 4. The number of benzene rings is 1. The molecule has 0 unspecified atom stereocenters. The van der Waals surface area contributed by atoms with Gasteiger partial charge in [-0.3, -0.25) is 24.1 Å². The maximum atomic E-state index is 12.8. The second kappa shape index (κ2) is 8.52. The molecule has 0 aromatic heterocycles. The molecule has 1 N–H and O–H groups in total. The average Bonchev–Trinajstić information content (AvgIpc) is 3.30. The minimum atomic E-state index is -0.807. The molecule has 2 aliphatic carbocycles. The molecular formula is C19H16Br3ClN2O5. The summed E-state index contributed by atoms with van der Waals surface area (Å²) < 4.78 is 5.65. The minimum Gasteiger partial charge on any atom is -0.454 e. The smallest absolute Gasteiger partial charge is 0.326 e. The molecule has 2 bridgehead atoms. The zero-order valence-corrected chi connectivity index (χ0v) is 20.8. The molecule has 1 saturated heterocycles. The lowest BCUT2D eigenvalue weighted by atomic mass is 9.81. The molecule has 6 atom stereocenters. The number of alkyl halides is 2. The van der Waals surface area contributed by atoms with Crippen LogP contribution >= 0.6 is 59.4 Å². The predicted molar refractivity (Wildman–Crippen MR) is 119 cm³/mol. The zero-order chi connectivity index (χ0) is 21.7. The molecule has 3 aliphatic rings. The van der Waals surface area contributed by atoms with Crippen molar-refractivity contribution in [3.05, 3.63) is 27.7 Å². The lowest BCUT2D eigenvalue weighted by Crippen LogP contribution is -2.38. The molecule has 7 nitrogen and oxygen atoms in total. The number of carbonyl (C=O) groups excluding carboxylic acids is 4. The first-order chi connectivity index (χ1) is 14.2. The molecule has 3 amide bonds. The molecule has 1 aliphatic heterocycles. The number of ether oxygens (including phenoxy) is 1. The predicted octanol–water partition coefficient (Wildman–Crippen LogP) is 3.36. The summed E-state index contributed by atoms with van der Waals surface area (Å²) in [5.74, 6) is -2.65. The van der Waals surface area contributed by atoms with Crippen molar-refractivity contribution in [3.63, 3.8) is 0 Å². The average molecular weight is 628 g/mol. The first-order valence-electron chi connectivity index (χ1n) is 9.23. The third-order valence-corrected chi connectivity index (χ3v) is 10.4. The van der Waals surface area contributed by atoms with E-state index < -0.39 is 25.0 Å². The Kier molecular flexibility index (Phi) is 6.31. The molecule has 30 heavy (non-hydrogen) atoms. The maximum Gasteiger partial charge on any atom is 0.326 e. The van der Waals surface area contributed by atoms with Crippen molar-refractivity contribution in [1.82, 2.24) is 4.90 Å². The highest BCUT2D eigenvalue weighted by molar-refractivity contribution is 9.12. The van der Waals surface area contributed by atoms with Gasteiger partial charge in [-0.2, -0.15) is 0 Å². The summed E-state index contributed by atoms with van der Waals surface area (Å²) in [6.45, 7) is -1.02. The molecule has 3 fully saturated rings. The van der Waals surface area contributed by atoms with Crippen LogP contribution in [0.3, 0.4) is 0 Å². The van der Waals surface area contributed by atoms with Gasteiger partial charge in [-0.1, -0.05) is 43.5 Å². The number of carbonyl (C=O) groups is 4. The van der Waals surface area contributed by atoms with Gasteiger partial charge in [0.1, 0.15) is 6.54 Å². The zero-order valence-electron chi connectivity index (χ0n) is 15.3. The van der Waals surface area contributed by atoms with Gasteiger partial charge in [0.2, 0.25) is 11.8 Å². The number of amides is 3. The number of hydrogen-bond donors (Lipinski definition) is 1. The van der Waals surface area contributed by atoms with Crippen LogP contribution in [0.15, 0.2) is 22.7 Å². The van der Waals surface area contributed by atoms with E-state index in [1.54, 1.807) is 18.2 Å². The van der Waals surface area contributed by atoms with Crippen molar-refractivity contribution < 1.29 is 23.9 Å². The topological polar surface area (TPSA) is 92.8 Å². The molecular weight excluding hydrogens is 611 g/mol. The number of anilines is 1. The van der Waals surface area contributed by atoms with E-state index in [4.69, 9.17) is 16.3 Å². The lowest BCUT2D eigenvalue weighted by molar-refractivity contribution is -0.154. The van der Waals surface area contributed by atoms with Gasteiger partial charge in [-0.15, -0.1) is 0 Å². The number of imide groups is 1. The van der Waals surface area contributed by atoms with E-state index in [1.165, 1.54) is 0 Å². The van der Waals surface area contributed by atoms with Gasteiger partial charge >= 0.3 is 5.97 Å². The molecule has 1 heterocycles. The van der Waals surface area contributed by atoms with Crippen molar-refractivity contribution in [2.45, 2.75) is 16.1 Å². The van der Waals surface area contributed by atoms with Crippen LogP contribution in [-0.4, -0.2) is 51.4 Å². The van der Waals surface area contributed by atoms with Crippen LogP contribution in [0.4, 0.5) is 5.69 Å². The van der Waals surface area contributed by atoms with Gasteiger partial charge in [0.25, 0.3) is 5.91 Å². The summed E-state index contributed by atoms with van der Waals surface area (Å²) >= 11 is 16.5. The first-order valence-corrected chi connectivity index (χ1v) is 12.2. The van der Waals surface area contributed by atoms with Crippen LogP contribution in [0.2, 0.25) is 5.02 Å². The molecule has 0 radical (unpaired) electrons. The normalized spacial score (nSPS) is 31.8. The lowest BCUT2D eigenvalue weighted by Gasteiger charge is -2.28. The quantitative estimate of drug-likeness (QED) is 0.307. The van der Waals surface area contributed by atoms with Crippen molar-refractivity contribution >= 4 is 88.8 Å². The number of esters is 1. The summed E-state index contributed by atoms with van der Waals surface area (Å²) in [6.07, 6.45) is 0.817. The highest BCUT2D eigenvalue weighted by Gasteiger charge is 2.66. The summed E-state index contributed by atoms with van der Waals surface area (Å²) in [4.78, 5) is 51.0. The number of likely N-dealkylation sites (tertiary alicyclic amines) is 1. The van der Waals surface area contributed by atoms with E-state index in [9.17, 15) is 19.2 Å². The van der Waals surface area contributed by atoms with Crippen molar-refractivity contribution in [3.8, 4) is 0 Å². The molecule has 1 aromatic rings. The fourth-order valence-corrected chi connectivity index (χ4v) is 6.96. The summed E-state index contributed by atoms with van der Waals surface area (Å²) in [6, 6.07) is 4.86. The molecule has 11 heteroatoms. The van der Waals surface area contributed by atoms with E-state index in [-0.39, 0.29) is 45.1 Å². The molecule has 160 valence electrons. The molecule has 2 saturated carbocycles. The van der Waals surface area contributed by atoms with Crippen LogP contribution < -0.4 is 5.32 Å². The Morgan fingerprint density at radius 3 is 2.30 bits per heavy atom. The second-order valence-corrected chi connectivity index (χ2v) is 11.0. The molecule has 4 rings (SSSR count). The number of nitrogens with zero attached hydrogens (tertiary/aromatic N) is 1. The van der Waals surface area contributed by atoms with Crippen LogP contribution in [0.1, 0.15) is 6.42 Å². The number of fused-ring (bicyclic) bond motifs is 5.